The van der Waals surface area contributed by atoms with E-state index in [9.17, 15) is 22.8 Å². The van der Waals surface area contributed by atoms with Crippen molar-refractivity contribution in [3.8, 4) is 5.75 Å². The monoisotopic (exact) mass is 480 g/mol. The van der Waals surface area contributed by atoms with E-state index >= 15 is 0 Å². The van der Waals surface area contributed by atoms with Crippen LogP contribution in [0.4, 0.5) is 13.2 Å². The maximum Gasteiger partial charge on any atom is 0.573 e. The van der Waals surface area contributed by atoms with E-state index in [0.717, 1.165) is 17.7 Å². The van der Waals surface area contributed by atoms with Crippen LogP contribution in [0.1, 0.15) is 58.8 Å². The highest BCUT2D eigenvalue weighted by molar-refractivity contribution is 6.04. The van der Waals surface area contributed by atoms with Crippen molar-refractivity contribution in [2.75, 3.05) is 7.11 Å². The molecule has 1 aromatic rings. The number of ketones is 1. The quantitative estimate of drug-likeness (QED) is 0.262. The van der Waals surface area contributed by atoms with Gasteiger partial charge in [0, 0.05) is 17.1 Å². The number of rotatable bonds is 6. The van der Waals surface area contributed by atoms with Crippen LogP contribution in [-0.2, 0) is 14.3 Å². The van der Waals surface area contributed by atoms with E-state index < -0.39 is 29.1 Å². The lowest BCUT2D eigenvalue weighted by Gasteiger charge is -2.40. The fourth-order valence-electron chi connectivity index (χ4n) is 3.86. The van der Waals surface area contributed by atoms with Gasteiger partial charge in [-0.1, -0.05) is 25.5 Å². The summed E-state index contributed by atoms with van der Waals surface area (Å²) in [5.41, 5.74) is 0.846. The third-order valence-corrected chi connectivity index (χ3v) is 5.78. The van der Waals surface area contributed by atoms with E-state index in [1.54, 1.807) is 33.8 Å². The molecule has 1 aromatic carbocycles. The van der Waals surface area contributed by atoms with Crippen LogP contribution in [0.5, 0.6) is 5.75 Å². The van der Waals surface area contributed by atoms with Gasteiger partial charge in [0.1, 0.15) is 17.1 Å². The third-order valence-electron chi connectivity index (χ3n) is 5.78. The van der Waals surface area contributed by atoms with Crippen molar-refractivity contribution in [3.63, 3.8) is 0 Å². The molecule has 0 aliphatic heterocycles. The van der Waals surface area contributed by atoms with Crippen LogP contribution >= 0.6 is 0 Å². The summed E-state index contributed by atoms with van der Waals surface area (Å²) in [7, 11) is 1.50. The van der Waals surface area contributed by atoms with E-state index in [1.807, 2.05) is 20.8 Å². The van der Waals surface area contributed by atoms with Gasteiger partial charge in [-0.2, -0.15) is 0 Å². The van der Waals surface area contributed by atoms with Crippen LogP contribution in [0.25, 0.3) is 0 Å². The van der Waals surface area contributed by atoms with Crippen LogP contribution in [-0.4, -0.2) is 30.8 Å². The molecular weight excluding hydrogens is 449 g/mol. The summed E-state index contributed by atoms with van der Waals surface area (Å²) in [5.74, 6) is -1.06. The first-order valence-corrected chi connectivity index (χ1v) is 10.8. The molecule has 1 unspecified atom stereocenters. The first kappa shape index (κ1) is 27.2. The van der Waals surface area contributed by atoms with Crippen LogP contribution in [0.15, 0.2) is 58.9 Å². The standard InChI is InChI=1S/C26H31F3O5/c1-15-21(23(31)34-24(3,4)5)16(2)25(6,7)19(22(15)32-8)13-14-20(30)17-9-11-18(12-10-17)33-26(27,28)29/h9-14,19H,1-8H3. The van der Waals surface area contributed by atoms with E-state index in [0.29, 0.717) is 16.9 Å². The fraction of sp³-hybridized carbons (Fsp3) is 0.462. The number of halogens is 3. The number of alkyl halides is 3. The Bertz CT molecular complexity index is 1040. The number of benzene rings is 1. The SMILES string of the molecule is COC1=C(C)C(C(=O)OC(C)(C)C)=C(C)C(C)(C)C1C=CC(=O)c1ccc(OC(F)(F)F)cc1. The van der Waals surface area contributed by atoms with Gasteiger partial charge in [-0.15, -0.1) is 13.2 Å². The number of hydrogen-bond donors (Lipinski definition) is 0. The smallest absolute Gasteiger partial charge is 0.500 e. The van der Waals surface area contributed by atoms with Gasteiger partial charge in [0.05, 0.1) is 12.7 Å². The Balaban J connectivity index is 2.35. The van der Waals surface area contributed by atoms with Gasteiger partial charge in [0.15, 0.2) is 5.78 Å². The number of hydrogen-bond acceptors (Lipinski definition) is 5. The maximum atomic E-state index is 12.9. The van der Waals surface area contributed by atoms with Crippen LogP contribution in [0, 0.1) is 11.3 Å². The first-order valence-electron chi connectivity index (χ1n) is 10.8. The largest absolute Gasteiger partial charge is 0.573 e. The summed E-state index contributed by atoms with van der Waals surface area (Å²) in [6.45, 7) is 12.9. The topological polar surface area (TPSA) is 61.8 Å². The van der Waals surface area contributed by atoms with Crippen molar-refractivity contribution in [2.24, 2.45) is 11.3 Å². The molecule has 1 atom stereocenters. The van der Waals surface area contributed by atoms with Crippen LogP contribution < -0.4 is 4.74 Å². The molecule has 0 saturated heterocycles. The van der Waals surface area contributed by atoms with E-state index in [2.05, 4.69) is 4.74 Å². The minimum absolute atomic E-state index is 0.209. The Kier molecular flexibility index (Phi) is 7.75. The number of ether oxygens (including phenoxy) is 3. The third kappa shape index (κ3) is 6.30. The average molecular weight is 481 g/mol. The number of methoxy groups -OCH3 is 1. The van der Waals surface area contributed by atoms with Gasteiger partial charge in [0.25, 0.3) is 0 Å². The zero-order valence-electron chi connectivity index (χ0n) is 20.7. The Labute approximate surface area is 198 Å². The normalized spacial score (nSPS) is 18.9. The predicted molar refractivity (Wildman–Crippen MR) is 122 cm³/mol. The van der Waals surface area contributed by atoms with Gasteiger partial charge in [-0.05, 0) is 70.4 Å². The highest BCUT2D eigenvalue weighted by Gasteiger charge is 2.42. The second kappa shape index (κ2) is 9.68. The molecule has 5 nitrogen and oxygen atoms in total. The van der Waals surface area contributed by atoms with E-state index in [4.69, 9.17) is 9.47 Å². The molecule has 0 N–H and O–H groups in total. The zero-order chi connectivity index (χ0) is 26.1. The van der Waals surface area contributed by atoms with Crippen molar-refractivity contribution in [1.82, 2.24) is 0 Å². The number of carbonyl (C=O) groups excluding carboxylic acids is 2. The maximum absolute atomic E-state index is 12.9. The summed E-state index contributed by atoms with van der Waals surface area (Å²) in [6.07, 6.45) is -1.74. The second-order valence-electron chi connectivity index (χ2n) is 9.69. The van der Waals surface area contributed by atoms with Crippen molar-refractivity contribution < 1.29 is 37.0 Å². The molecule has 8 heteroatoms. The average Bonchev–Trinajstić information content (AvgIpc) is 2.67. The molecule has 0 spiro atoms. The number of esters is 1. The lowest BCUT2D eigenvalue weighted by Crippen LogP contribution is -2.35. The van der Waals surface area contributed by atoms with Gasteiger partial charge < -0.3 is 14.2 Å². The molecule has 0 amide bonds. The molecule has 0 saturated carbocycles. The first-order chi connectivity index (χ1) is 15.5. The highest BCUT2D eigenvalue weighted by Crippen LogP contribution is 2.48. The van der Waals surface area contributed by atoms with Gasteiger partial charge >= 0.3 is 12.3 Å². The highest BCUT2D eigenvalue weighted by atomic mass is 19.4. The zero-order valence-corrected chi connectivity index (χ0v) is 20.7. The molecule has 186 valence electrons. The lowest BCUT2D eigenvalue weighted by atomic mass is 9.66. The predicted octanol–water partition coefficient (Wildman–Crippen LogP) is 6.56. The number of carbonyl (C=O) groups is 2. The minimum atomic E-state index is -4.80. The Hall–Kier alpha value is -3.03. The van der Waals surface area contributed by atoms with Crippen LogP contribution in [0.3, 0.4) is 0 Å². The molecule has 2 rings (SSSR count). The Morgan fingerprint density at radius 2 is 1.59 bits per heavy atom. The van der Waals surface area contributed by atoms with Crippen molar-refractivity contribution in [1.29, 1.82) is 0 Å². The molecule has 1 aliphatic carbocycles. The van der Waals surface area contributed by atoms with Crippen LogP contribution in [0.2, 0.25) is 0 Å². The summed E-state index contributed by atoms with van der Waals surface area (Å²) >= 11 is 0. The molecule has 0 heterocycles. The summed E-state index contributed by atoms with van der Waals surface area (Å²) < 4.78 is 52.1. The van der Waals surface area contributed by atoms with Gasteiger partial charge in [0.2, 0.25) is 0 Å². The van der Waals surface area contributed by atoms with Gasteiger partial charge in [-0.25, -0.2) is 4.79 Å². The summed E-state index contributed by atoms with van der Waals surface area (Å²) in [4.78, 5) is 25.6. The minimum Gasteiger partial charge on any atom is -0.500 e. The number of allylic oxidation sites excluding steroid dienone is 3. The van der Waals surface area contributed by atoms with E-state index in [-0.39, 0.29) is 17.3 Å². The molecule has 0 fully saturated rings. The summed E-state index contributed by atoms with van der Waals surface area (Å²) in [5, 5.41) is 0. The van der Waals surface area contributed by atoms with Gasteiger partial charge in [-0.3, -0.25) is 4.79 Å². The van der Waals surface area contributed by atoms with E-state index in [1.165, 1.54) is 25.3 Å². The Morgan fingerprint density at radius 3 is 2.06 bits per heavy atom. The molecular formula is C26H31F3O5. The van der Waals surface area contributed by atoms with Crippen molar-refractivity contribution >= 4 is 11.8 Å². The summed E-state index contributed by atoms with van der Waals surface area (Å²) in [6, 6.07) is 4.71. The Morgan fingerprint density at radius 1 is 1.03 bits per heavy atom. The molecule has 34 heavy (non-hydrogen) atoms. The van der Waals surface area contributed by atoms with Crippen molar-refractivity contribution in [2.45, 2.75) is 60.4 Å². The molecule has 0 bridgehead atoms. The fourth-order valence-corrected chi connectivity index (χ4v) is 3.86. The lowest BCUT2D eigenvalue weighted by molar-refractivity contribution is -0.274. The van der Waals surface area contributed by atoms with Crippen molar-refractivity contribution in [3.05, 3.63) is 64.5 Å². The molecule has 0 aromatic heterocycles. The molecule has 1 aliphatic rings. The molecule has 0 radical (unpaired) electrons. The second-order valence-corrected chi connectivity index (χ2v) is 9.69.